The lowest BCUT2D eigenvalue weighted by Crippen LogP contribution is -2.25. The number of nitrogens with zero attached hydrogens (tertiary/aromatic N) is 4. The largest absolute Gasteiger partial charge is 0.366 e. The molecule has 1 fully saturated rings. The van der Waals surface area contributed by atoms with Gasteiger partial charge in [0, 0.05) is 18.8 Å². The van der Waals surface area contributed by atoms with Crippen molar-refractivity contribution in [3.63, 3.8) is 0 Å². The molecule has 8 heteroatoms. The molecule has 0 aliphatic carbocycles. The Kier molecular flexibility index (Phi) is 4.66. The Morgan fingerprint density at radius 2 is 1.67 bits per heavy atom. The van der Waals surface area contributed by atoms with Crippen molar-refractivity contribution in [2.45, 2.75) is 25.7 Å². The molecule has 0 saturated carbocycles. The topological polar surface area (TPSA) is 97.3 Å². The molecule has 0 bridgehead atoms. The number of nitro benzene ring substituents is 1. The SMILES string of the molecule is O=[N+]([O-])c1c(N2CCCCCC2)cc(Nc2ccc3ccccc3c2)c2nonc12. The highest BCUT2D eigenvalue weighted by Crippen LogP contribution is 2.40. The molecular formula is C22H21N5O3. The quantitative estimate of drug-likeness (QED) is 0.359. The molecule has 0 radical (unpaired) electrons. The number of hydrogen-bond acceptors (Lipinski definition) is 7. The Bertz CT molecular complexity index is 1230. The van der Waals surface area contributed by atoms with Crippen molar-refractivity contribution in [3.8, 4) is 0 Å². The number of hydrogen-bond donors (Lipinski definition) is 1. The molecule has 1 aliphatic rings. The van der Waals surface area contributed by atoms with Gasteiger partial charge < -0.3 is 10.2 Å². The third-order valence-electron chi connectivity index (χ3n) is 5.65. The van der Waals surface area contributed by atoms with Gasteiger partial charge in [-0.05, 0) is 52.1 Å². The van der Waals surface area contributed by atoms with E-state index < -0.39 is 0 Å². The second kappa shape index (κ2) is 7.62. The minimum absolute atomic E-state index is 0.0442. The maximum Gasteiger partial charge on any atom is 0.323 e. The van der Waals surface area contributed by atoms with Crippen molar-refractivity contribution in [2.75, 3.05) is 23.3 Å². The number of rotatable bonds is 4. The lowest BCUT2D eigenvalue weighted by molar-refractivity contribution is -0.382. The third-order valence-corrected chi connectivity index (χ3v) is 5.65. The third kappa shape index (κ3) is 3.30. The first-order chi connectivity index (χ1) is 14.7. The van der Waals surface area contributed by atoms with Crippen LogP contribution in [0.5, 0.6) is 0 Å². The molecule has 8 nitrogen and oxygen atoms in total. The van der Waals surface area contributed by atoms with Crippen molar-refractivity contribution in [3.05, 3.63) is 58.6 Å². The standard InChI is InChI=1S/C22H21N5O3/c28-27(29)22-19(26-11-5-1-2-6-12-26)14-18(20-21(22)25-30-24-20)23-17-10-9-15-7-3-4-8-16(15)13-17/h3-4,7-10,13-14,23H,1-2,5-6,11-12H2. The first-order valence-corrected chi connectivity index (χ1v) is 10.1. The smallest absolute Gasteiger partial charge is 0.323 e. The van der Waals surface area contributed by atoms with E-state index in [4.69, 9.17) is 4.63 Å². The fourth-order valence-corrected chi connectivity index (χ4v) is 4.17. The summed E-state index contributed by atoms with van der Waals surface area (Å²) in [6, 6.07) is 16.0. The summed E-state index contributed by atoms with van der Waals surface area (Å²) < 4.78 is 4.91. The summed E-state index contributed by atoms with van der Waals surface area (Å²) in [6.07, 6.45) is 4.31. The molecule has 4 aromatic rings. The van der Waals surface area contributed by atoms with Gasteiger partial charge >= 0.3 is 5.69 Å². The van der Waals surface area contributed by atoms with Gasteiger partial charge in [-0.15, -0.1) is 0 Å². The van der Waals surface area contributed by atoms with E-state index in [0.29, 0.717) is 16.9 Å². The fourth-order valence-electron chi connectivity index (χ4n) is 4.17. The van der Waals surface area contributed by atoms with E-state index >= 15 is 0 Å². The summed E-state index contributed by atoms with van der Waals surface area (Å²) in [5, 5.41) is 25.4. The molecule has 0 spiro atoms. The molecule has 152 valence electrons. The van der Waals surface area contributed by atoms with Gasteiger partial charge in [-0.2, -0.15) is 0 Å². The number of nitro groups is 1. The van der Waals surface area contributed by atoms with Crippen LogP contribution in [0.15, 0.2) is 53.2 Å². The van der Waals surface area contributed by atoms with Crippen LogP contribution in [0.1, 0.15) is 25.7 Å². The van der Waals surface area contributed by atoms with Crippen molar-refractivity contribution in [1.82, 2.24) is 10.3 Å². The number of fused-ring (bicyclic) bond motifs is 2. The molecule has 3 aromatic carbocycles. The van der Waals surface area contributed by atoms with E-state index in [1.54, 1.807) is 0 Å². The van der Waals surface area contributed by atoms with E-state index in [0.717, 1.165) is 55.2 Å². The maximum absolute atomic E-state index is 11.9. The number of anilines is 3. The monoisotopic (exact) mass is 403 g/mol. The van der Waals surface area contributed by atoms with Gasteiger partial charge in [0.15, 0.2) is 5.52 Å². The van der Waals surface area contributed by atoms with Gasteiger partial charge in [0.2, 0.25) is 5.52 Å². The Labute approximate surface area is 172 Å². The van der Waals surface area contributed by atoms with E-state index in [1.807, 2.05) is 42.5 Å². The van der Waals surface area contributed by atoms with Crippen LogP contribution in [-0.4, -0.2) is 28.3 Å². The molecular weight excluding hydrogens is 382 g/mol. The summed E-state index contributed by atoms with van der Waals surface area (Å²) in [5.74, 6) is 0. The lowest BCUT2D eigenvalue weighted by atomic mass is 10.1. The normalized spacial score (nSPS) is 14.7. The van der Waals surface area contributed by atoms with Crippen LogP contribution in [0.2, 0.25) is 0 Å². The van der Waals surface area contributed by atoms with Crippen molar-refractivity contribution >= 4 is 44.6 Å². The van der Waals surface area contributed by atoms with Gasteiger partial charge in [-0.25, -0.2) is 4.63 Å². The zero-order valence-corrected chi connectivity index (χ0v) is 16.4. The summed E-state index contributed by atoms with van der Waals surface area (Å²) in [5.41, 5.74) is 2.56. The van der Waals surface area contributed by atoms with E-state index in [9.17, 15) is 10.1 Å². The minimum Gasteiger partial charge on any atom is -0.366 e. The Hall–Kier alpha value is -3.68. The van der Waals surface area contributed by atoms with Crippen LogP contribution in [-0.2, 0) is 0 Å². The Balaban J connectivity index is 1.62. The average molecular weight is 403 g/mol. The van der Waals surface area contributed by atoms with Gasteiger partial charge in [0.05, 0.1) is 10.6 Å². The highest BCUT2D eigenvalue weighted by Gasteiger charge is 2.29. The second-order valence-electron chi connectivity index (χ2n) is 7.60. The summed E-state index contributed by atoms with van der Waals surface area (Å²) in [6.45, 7) is 1.57. The maximum atomic E-state index is 11.9. The van der Waals surface area contributed by atoms with Crippen LogP contribution in [0.4, 0.5) is 22.7 Å². The van der Waals surface area contributed by atoms with E-state index in [-0.39, 0.29) is 16.1 Å². The molecule has 30 heavy (non-hydrogen) atoms. The van der Waals surface area contributed by atoms with Crippen molar-refractivity contribution in [1.29, 1.82) is 0 Å². The highest BCUT2D eigenvalue weighted by molar-refractivity contribution is 6.01. The van der Waals surface area contributed by atoms with E-state index in [2.05, 4.69) is 26.6 Å². The summed E-state index contributed by atoms with van der Waals surface area (Å²) >= 11 is 0. The minimum atomic E-state index is -0.382. The predicted molar refractivity (Wildman–Crippen MR) is 116 cm³/mol. The first kappa shape index (κ1) is 18.4. The molecule has 1 N–H and O–H groups in total. The van der Waals surface area contributed by atoms with Crippen LogP contribution >= 0.6 is 0 Å². The molecule has 1 aliphatic heterocycles. The van der Waals surface area contributed by atoms with Crippen LogP contribution in [0, 0.1) is 10.1 Å². The molecule has 0 amide bonds. The zero-order valence-electron chi connectivity index (χ0n) is 16.4. The molecule has 1 saturated heterocycles. The summed E-state index contributed by atoms with van der Waals surface area (Å²) in [7, 11) is 0. The first-order valence-electron chi connectivity index (χ1n) is 10.1. The zero-order chi connectivity index (χ0) is 20.5. The number of aromatic nitrogens is 2. The Morgan fingerprint density at radius 1 is 0.933 bits per heavy atom. The van der Waals surface area contributed by atoms with Crippen molar-refractivity contribution < 1.29 is 9.55 Å². The van der Waals surface area contributed by atoms with Gasteiger partial charge in [-0.1, -0.05) is 43.2 Å². The molecule has 0 unspecified atom stereocenters. The predicted octanol–water partition coefficient (Wildman–Crippen LogP) is 5.41. The number of benzene rings is 3. The lowest BCUT2D eigenvalue weighted by Gasteiger charge is -2.23. The van der Waals surface area contributed by atoms with Crippen molar-refractivity contribution in [2.24, 2.45) is 0 Å². The van der Waals surface area contributed by atoms with Crippen LogP contribution in [0.25, 0.3) is 21.8 Å². The Morgan fingerprint density at radius 3 is 2.43 bits per heavy atom. The van der Waals surface area contributed by atoms with Gasteiger partial charge in [0.25, 0.3) is 0 Å². The van der Waals surface area contributed by atoms with Gasteiger partial charge in [0.1, 0.15) is 5.69 Å². The van der Waals surface area contributed by atoms with E-state index in [1.165, 1.54) is 0 Å². The molecule has 0 atom stereocenters. The van der Waals surface area contributed by atoms with Gasteiger partial charge in [-0.3, -0.25) is 10.1 Å². The fraction of sp³-hybridized carbons (Fsp3) is 0.273. The molecule has 5 rings (SSSR count). The number of nitrogens with one attached hydrogen (secondary N) is 1. The molecule has 1 aromatic heterocycles. The second-order valence-corrected chi connectivity index (χ2v) is 7.60. The molecule has 2 heterocycles. The van der Waals surface area contributed by atoms with Crippen LogP contribution in [0.3, 0.4) is 0 Å². The van der Waals surface area contributed by atoms with Crippen LogP contribution < -0.4 is 10.2 Å². The average Bonchev–Trinajstić information content (AvgIpc) is 3.08. The highest BCUT2D eigenvalue weighted by atomic mass is 16.6. The summed E-state index contributed by atoms with van der Waals surface area (Å²) in [4.78, 5) is 13.6.